The van der Waals surface area contributed by atoms with Crippen LogP contribution in [-0.4, -0.2) is 53.9 Å². The fourth-order valence-corrected chi connectivity index (χ4v) is 1.78. The number of carbonyl (C=O) groups is 3. The predicted molar refractivity (Wildman–Crippen MR) is 86.9 cm³/mol. The minimum absolute atomic E-state index is 0.000391. The summed E-state index contributed by atoms with van der Waals surface area (Å²) < 4.78 is 0. The van der Waals surface area contributed by atoms with Gasteiger partial charge in [0, 0.05) is 12.2 Å². The van der Waals surface area contributed by atoms with Crippen molar-refractivity contribution in [2.24, 2.45) is 0 Å². The van der Waals surface area contributed by atoms with Gasteiger partial charge in [0.15, 0.2) is 0 Å². The minimum Gasteiger partial charge on any atom is -0.338 e. The molecule has 0 aliphatic rings. The fraction of sp³-hybridized carbons (Fsp3) is 0.467. The number of likely N-dealkylation sites (N-methyl/N-ethyl adjacent to an activating group) is 1. The number of pyridine rings is 1. The van der Waals surface area contributed by atoms with E-state index in [0.29, 0.717) is 12.4 Å². The number of aromatic nitrogens is 1. The first-order valence-corrected chi connectivity index (χ1v) is 7.36. The third kappa shape index (κ3) is 6.43. The SMILES string of the molecule is CCNC(=O)NC(=O)[C@H](C)N(C)CC(=O)Nc1cccc(C)n1. The summed E-state index contributed by atoms with van der Waals surface area (Å²) in [4.78, 5) is 40.9. The molecule has 0 saturated heterocycles. The smallest absolute Gasteiger partial charge is 0.321 e. The number of urea groups is 1. The highest BCUT2D eigenvalue weighted by atomic mass is 16.2. The van der Waals surface area contributed by atoms with Crippen molar-refractivity contribution in [2.45, 2.75) is 26.8 Å². The molecule has 23 heavy (non-hydrogen) atoms. The number of hydrogen-bond donors (Lipinski definition) is 3. The third-order valence-corrected chi connectivity index (χ3v) is 3.16. The highest BCUT2D eigenvalue weighted by molar-refractivity contribution is 5.97. The molecular formula is C15H23N5O3. The molecule has 0 aliphatic carbocycles. The van der Waals surface area contributed by atoms with E-state index in [0.717, 1.165) is 5.69 Å². The summed E-state index contributed by atoms with van der Waals surface area (Å²) >= 11 is 0. The molecule has 0 bridgehead atoms. The number of amides is 4. The predicted octanol–water partition coefficient (Wildman–Crippen LogP) is 0.495. The Hall–Kier alpha value is -2.48. The van der Waals surface area contributed by atoms with Crippen molar-refractivity contribution in [2.75, 3.05) is 25.5 Å². The number of carbonyl (C=O) groups excluding carboxylic acids is 3. The molecule has 1 aromatic heterocycles. The standard InChI is InChI=1S/C15H23N5O3/c1-5-16-15(23)19-14(22)11(3)20(4)9-13(21)18-12-8-6-7-10(2)17-12/h6-8,11H,5,9H2,1-4H3,(H,17,18,21)(H2,16,19,22,23)/t11-/m0/s1. The van der Waals surface area contributed by atoms with Crippen molar-refractivity contribution in [3.63, 3.8) is 0 Å². The maximum absolute atomic E-state index is 12.0. The van der Waals surface area contributed by atoms with Crippen molar-refractivity contribution in [1.29, 1.82) is 0 Å². The van der Waals surface area contributed by atoms with Gasteiger partial charge in [-0.2, -0.15) is 0 Å². The monoisotopic (exact) mass is 321 g/mol. The van der Waals surface area contributed by atoms with Crippen LogP contribution in [0.25, 0.3) is 0 Å². The van der Waals surface area contributed by atoms with Crippen molar-refractivity contribution in [3.05, 3.63) is 23.9 Å². The molecule has 8 nitrogen and oxygen atoms in total. The van der Waals surface area contributed by atoms with Crippen LogP contribution in [0.5, 0.6) is 0 Å². The van der Waals surface area contributed by atoms with Gasteiger partial charge in [-0.3, -0.25) is 19.8 Å². The summed E-state index contributed by atoms with van der Waals surface area (Å²) in [6, 6.07) is 4.13. The Morgan fingerprint density at radius 2 is 2.00 bits per heavy atom. The lowest BCUT2D eigenvalue weighted by Crippen LogP contribution is -2.50. The molecule has 0 radical (unpaired) electrons. The van der Waals surface area contributed by atoms with E-state index in [2.05, 4.69) is 20.9 Å². The second kappa shape index (κ2) is 8.84. The van der Waals surface area contributed by atoms with E-state index in [-0.39, 0.29) is 12.5 Å². The van der Waals surface area contributed by atoms with Crippen molar-refractivity contribution in [1.82, 2.24) is 20.5 Å². The van der Waals surface area contributed by atoms with E-state index in [9.17, 15) is 14.4 Å². The van der Waals surface area contributed by atoms with Gasteiger partial charge in [-0.25, -0.2) is 9.78 Å². The van der Waals surface area contributed by atoms with Crippen LogP contribution in [0, 0.1) is 6.92 Å². The number of hydrogen-bond acceptors (Lipinski definition) is 5. The van der Waals surface area contributed by atoms with E-state index in [1.165, 1.54) is 0 Å². The first kappa shape index (κ1) is 18.6. The Morgan fingerprint density at radius 3 is 2.61 bits per heavy atom. The lowest BCUT2D eigenvalue weighted by molar-refractivity contribution is -0.125. The molecule has 126 valence electrons. The van der Waals surface area contributed by atoms with Crippen LogP contribution in [0.3, 0.4) is 0 Å². The van der Waals surface area contributed by atoms with Crippen LogP contribution in [0.2, 0.25) is 0 Å². The first-order chi connectivity index (χ1) is 10.8. The van der Waals surface area contributed by atoms with Gasteiger partial charge in [-0.1, -0.05) is 6.07 Å². The average molecular weight is 321 g/mol. The Labute approximate surface area is 135 Å². The van der Waals surface area contributed by atoms with Crippen LogP contribution >= 0.6 is 0 Å². The zero-order valence-electron chi connectivity index (χ0n) is 13.8. The zero-order valence-corrected chi connectivity index (χ0v) is 13.8. The van der Waals surface area contributed by atoms with Crippen LogP contribution in [0.1, 0.15) is 19.5 Å². The van der Waals surface area contributed by atoms with Crippen molar-refractivity contribution < 1.29 is 14.4 Å². The Bertz CT molecular complexity index is 576. The molecule has 0 fully saturated rings. The molecule has 0 spiro atoms. The van der Waals surface area contributed by atoms with Gasteiger partial charge < -0.3 is 10.6 Å². The fourth-order valence-electron chi connectivity index (χ4n) is 1.78. The summed E-state index contributed by atoms with van der Waals surface area (Å²) in [5, 5.41) is 7.36. The van der Waals surface area contributed by atoms with Crippen LogP contribution in [-0.2, 0) is 9.59 Å². The maximum atomic E-state index is 12.0. The summed E-state index contributed by atoms with van der Waals surface area (Å²) in [5.41, 5.74) is 0.797. The van der Waals surface area contributed by atoms with Crippen LogP contribution < -0.4 is 16.0 Å². The van der Waals surface area contributed by atoms with Gasteiger partial charge >= 0.3 is 6.03 Å². The minimum atomic E-state index is -0.631. The number of imide groups is 1. The van der Waals surface area contributed by atoms with Gasteiger partial charge in [-0.15, -0.1) is 0 Å². The molecule has 1 rings (SSSR count). The van der Waals surface area contributed by atoms with Crippen molar-refractivity contribution >= 4 is 23.7 Å². The molecular weight excluding hydrogens is 298 g/mol. The topological polar surface area (TPSA) is 103 Å². The van der Waals surface area contributed by atoms with E-state index >= 15 is 0 Å². The molecule has 1 heterocycles. The number of nitrogens with one attached hydrogen (secondary N) is 3. The molecule has 8 heteroatoms. The Balaban J connectivity index is 2.50. The molecule has 1 aromatic rings. The van der Waals surface area contributed by atoms with E-state index < -0.39 is 18.0 Å². The summed E-state index contributed by atoms with van der Waals surface area (Å²) in [5.74, 6) is -0.300. The maximum Gasteiger partial charge on any atom is 0.321 e. The first-order valence-electron chi connectivity index (χ1n) is 7.36. The van der Waals surface area contributed by atoms with E-state index in [1.807, 2.05) is 13.0 Å². The number of nitrogens with zero attached hydrogens (tertiary/aromatic N) is 2. The summed E-state index contributed by atoms with van der Waals surface area (Å²) in [6.07, 6.45) is 0. The second-order valence-corrected chi connectivity index (χ2v) is 5.15. The normalized spacial score (nSPS) is 11.7. The zero-order chi connectivity index (χ0) is 17.4. The number of anilines is 1. The molecule has 3 N–H and O–H groups in total. The Kier molecular flexibility index (Phi) is 7.14. The third-order valence-electron chi connectivity index (χ3n) is 3.16. The number of aryl methyl sites for hydroxylation is 1. The van der Waals surface area contributed by atoms with Crippen LogP contribution in [0.15, 0.2) is 18.2 Å². The average Bonchev–Trinajstić information content (AvgIpc) is 2.46. The van der Waals surface area contributed by atoms with Gasteiger partial charge in [0.1, 0.15) is 5.82 Å². The highest BCUT2D eigenvalue weighted by Crippen LogP contribution is 2.04. The van der Waals surface area contributed by atoms with Crippen molar-refractivity contribution in [3.8, 4) is 0 Å². The van der Waals surface area contributed by atoms with Gasteiger partial charge in [0.25, 0.3) is 0 Å². The van der Waals surface area contributed by atoms with E-state index in [4.69, 9.17) is 0 Å². The molecule has 1 atom stereocenters. The van der Waals surface area contributed by atoms with Gasteiger partial charge in [0.05, 0.1) is 12.6 Å². The molecule has 0 aliphatic heterocycles. The molecule has 0 aromatic carbocycles. The quantitative estimate of drug-likeness (QED) is 0.708. The van der Waals surface area contributed by atoms with Gasteiger partial charge in [-0.05, 0) is 40.0 Å². The Morgan fingerprint density at radius 1 is 1.30 bits per heavy atom. The van der Waals surface area contributed by atoms with Gasteiger partial charge in [0.2, 0.25) is 11.8 Å². The summed E-state index contributed by atoms with van der Waals surface area (Å²) in [6.45, 7) is 5.63. The highest BCUT2D eigenvalue weighted by Gasteiger charge is 2.21. The van der Waals surface area contributed by atoms with E-state index in [1.54, 1.807) is 37.9 Å². The summed E-state index contributed by atoms with van der Waals surface area (Å²) in [7, 11) is 1.63. The second-order valence-electron chi connectivity index (χ2n) is 5.15. The number of rotatable bonds is 6. The molecule has 4 amide bonds. The van der Waals surface area contributed by atoms with Crippen LogP contribution in [0.4, 0.5) is 10.6 Å². The molecule has 0 saturated carbocycles. The molecule has 0 unspecified atom stereocenters. The largest absolute Gasteiger partial charge is 0.338 e. The lowest BCUT2D eigenvalue weighted by atomic mass is 10.2. The lowest BCUT2D eigenvalue weighted by Gasteiger charge is -2.22.